The van der Waals surface area contributed by atoms with E-state index >= 15 is 0 Å². The monoisotopic (exact) mass is 424 g/mol. The average Bonchev–Trinajstić information content (AvgIpc) is 3.18. The SMILES string of the molecule is Cc1cc(C)c2oc(-c3cccc(NC(=O)c4cc5ccccc5oc4=O)c3C)nc2c1. The lowest BCUT2D eigenvalue weighted by molar-refractivity contribution is 0.102. The van der Waals surface area contributed by atoms with Crippen molar-refractivity contribution >= 4 is 33.7 Å². The maximum Gasteiger partial charge on any atom is 0.349 e. The molecular weight excluding hydrogens is 404 g/mol. The summed E-state index contributed by atoms with van der Waals surface area (Å²) in [4.78, 5) is 29.9. The summed E-state index contributed by atoms with van der Waals surface area (Å²) >= 11 is 0. The lowest BCUT2D eigenvalue weighted by atomic mass is 10.1. The predicted octanol–water partition coefficient (Wildman–Crippen LogP) is 5.78. The molecule has 5 rings (SSSR count). The highest BCUT2D eigenvalue weighted by Crippen LogP contribution is 2.32. The minimum atomic E-state index is -0.681. The van der Waals surface area contributed by atoms with Gasteiger partial charge in [-0.15, -0.1) is 0 Å². The molecule has 2 heterocycles. The number of rotatable bonds is 3. The molecule has 5 aromatic rings. The number of benzene rings is 3. The number of aryl methyl sites for hydroxylation is 2. The Labute approximate surface area is 183 Å². The van der Waals surface area contributed by atoms with E-state index in [1.807, 2.05) is 45.0 Å². The van der Waals surface area contributed by atoms with Crippen molar-refractivity contribution in [1.82, 2.24) is 4.98 Å². The largest absolute Gasteiger partial charge is 0.436 e. The van der Waals surface area contributed by atoms with Crippen LogP contribution in [0.15, 0.2) is 74.3 Å². The molecule has 6 heteroatoms. The molecule has 0 unspecified atom stereocenters. The van der Waals surface area contributed by atoms with Crippen LogP contribution in [0.3, 0.4) is 0 Å². The van der Waals surface area contributed by atoms with Gasteiger partial charge in [-0.3, -0.25) is 4.79 Å². The number of carbonyl (C=O) groups is 1. The van der Waals surface area contributed by atoms with E-state index < -0.39 is 11.5 Å². The van der Waals surface area contributed by atoms with Crippen LogP contribution < -0.4 is 10.9 Å². The zero-order valence-corrected chi connectivity index (χ0v) is 17.9. The van der Waals surface area contributed by atoms with E-state index in [9.17, 15) is 9.59 Å². The molecule has 0 radical (unpaired) electrons. The molecule has 0 fully saturated rings. The summed E-state index contributed by atoms with van der Waals surface area (Å²) in [5.41, 5.74) is 5.48. The molecular formula is C26H20N2O4. The second kappa shape index (κ2) is 7.50. The third kappa shape index (κ3) is 3.36. The Bertz CT molecular complexity index is 1580. The molecule has 1 N–H and O–H groups in total. The van der Waals surface area contributed by atoms with Gasteiger partial charge in [0.1, 0.15) is 16.7 Å². The van der Waals surface area contributed by atoms with E-state index in [0.717, 1.165) is 33.4 Å². The van der Waals surface area contributed by atoms with E-state index in [1.165, 1.54) is 0 Å². The summed E-state index contributed by atoms with van der Waals surface area (Å²) < 4.78 is 11.3. The number of amides is 1. The quantitative estimate of drug-likeness (QED) is 0.371. The Kier molecular flexibility index (Phi) is 4.63. The van der Waals surface area contributed by atoms with E-state index in [4.69, 9.17) is 8.83 Å². The maximum absolute atomic E-state index is 12.9. The van der Waals surface area contributed by atoms with Crippen LogP contribution >= 0.6 is 0 Å². The predicted molar refractivity (Wildman–Crippen MR) is 124 cm³/mol. The fourth-order valence-electron chi connectivity index (χ4n) is 3.90. The summed E-state index contributed by atoms with van der Waals surface area (Å²) in [6.07, 6.45) is 0. The molecule has 32 heavy (non-hydrogen) atoms. The highest BCUT2D eigenvalue weighted by atomic mass is 16.4. The highest BCUT2D eigenvalue weighted by molar-refractivity contribution is 6.06. The van der Waals surface area contributed by atoms with Crippen molar-refractivity contribution < 1.29 is 13.6 Å². The second-order valence-corrected chi connectivity index (χ2v) is 7.87. The van der Waals surface area contributed by atoms with E-state index in [-0.39, 0.29) is 5.56 Å². The summed E-state index contributed by atoms with van der Waals surface area (Å²) in [6, 6.07) is 18.1. The summed E-state index contributed by atoms with van der Waals surface area (Å²) in [5.74, 6) is -0.0543. The smallest absolute Gasteiger partial charge is 0.349 e. The van der Waals surface area contributed by atoms with Crippen molar-refractivity contribution in [3.8, 4) is 11.5 Å². The van der Waals surface area contributed by atoms with Crippen molar-refractivity contribution in [2.24, 2.45) is 0 Å². The Morgan fingerprint density at radius 2 is 1.75 bits per heavy atom. The Morgan fingerprint density at radius 3 is 2.59 bits per heavy atom. The minimum absolute atomic E-state index is 0.0542. The van der Waals surface area contributed by atoms with E-state index in [1.54, 1.807) is 30.3 Å². The van der Waals surface area contributed by atoms with Gasteiger partial charge < -0.3 is 14.2 Å². The summed E-state index contributed by atoms with van der Waals surface area (Å²) in [5, 5.41) is 3.51. The Hall–Kier alpha value is -4.19. The van der Waals surface area contributed by atoms with E-state index in [2.05, 4.69) is 16.4 Å². The molecule has 0 saturated carbocycles. The first-order valence-electron chi connectivity index (χ1n) is 10.2. The lowest BCUT2D eigenvalue weighted by Crippen LogP contribution is -2.21. The highest BCUT2D eigenvalue weighted by Gasteiger charge is 2.18. The number of para-hydroxylation sites is 1. The number of hydrogen-bond acceptors (Lipinski definition) is 5. The maximum atomic E-state index is 12.9. The van der Waals surface area contributed by atoms with Crippen LogP contribution in [0.25, 0.3) is 33.5 Å². The molecule has 0 bridgehead atoms. The van der Waals surface area contributed by atoms with Crippen LogP contribution in [-0.2, 0) is 0 Å². The molecule has 158 valence electrons. The van der Waals surface area contributed by atoms with Crippen molar-refractivity contribution in [3.05, 3.63) is 93.3 Å². The van der Waals surface area contributed by atoms with Crippen LogP contribution in [0.1, 0.15) is 27.0 Å². The van der Waals surface area contributed by atoms with Gasteiger partial charge in [0.2, 0.25) is 5.89 Å². The molecule has 0 aliphatic rings. The van der Waals surface area contributed by atoms with Crippen LogP contribution in [-0.4, -0.2) is 10.9 Å². The first-order chi connectivity index (χ1) is 15.4. The number of nitrogens with zero attached hydrogens (tertiary/aromatic N) is 1. The fourth-order valence-corrected chi connectivity index (χ4v) is 3.90. The van der Waals surface area contributed by atoms with Crippen molar-refractivity contribution in [3.63, 3.8) is 0 Å². The average molecular weight is 424 g/mol. The summed E-state index contributed by atoms with van der Waals surface area (Å²) in [6.45, 7) is 5.88. The number of fused-ring (bicyclic) bond motifs is 2. The van der Waals surface area contributed by atoms with Gasteiger partial charge in [0, 0.05) is 16.6 Å². The molecule has 3 aromatic carbocycles. The molecule has 0 aliphatic heterocycles. The van der Waals surface area contributed by atoms with Gasteiger partial charge in [0.25, 0.3) is 5.91 Å². The van der Waals surface area contributed by atoms with Crippen LogP contribution in [0.5, 0.6) is 0 Å². The van der Waals surface area contributed by atoms with Gasteiger partial charge >= 0.3 is 5.63 Å². The van der Waals surface area contributed by atoms with Crippen molar-refractivity contribution in [2.75, 3.05) is 5.32 Å². The molecule has 0 aliphatic carbocycles. The van der Waals surface area contributed by atoms with Gasteiger partial charge in [0.05, 0.1) is 0 Å². The number of nitrogens with one attached hydrogen (secondary N) is 1. The minimum Gasteiger partial charge on any atom is -0.436 e. The zero-order chi connectivity index (χ0) is 22.4. The zero-order valence-electron chi connectivity index (χ0n) is 17.9. The van der Waals surface area contributed by atoms with Crippen molar-refractivity contribution in [2.45, 2.75) is 20.8 Å². The van der Waals surface area contributed by atoms with Crippen molar-refractivity contribution in [1.29, 1.82) is 0 Å². The summed E-state index contributed by atoms with van der Waals surface area (Å²) in [7, 11) is 0. The van der Waals surface area contributed by atoms with Gasteiger partial charge in [0.15, 0.2) is 5.58 Å². The lowest BCUT2D eigenvalue weighted by Gasteiger charge is -2.10. The molecule has 1 amide bonds. The Morgan fingerprint density at radius 1 is 0.938 bits per heavy atom. The van der Waals surface area contributed by atoms with Gasteiger partial charge in [-0.25, -0.2) is 9.78 Å². The third-order valence-electron chi connectivity index (χ3n) is 5.52. The number of hydrogen-bond donors (Lipinski definition) is 1. The normalized spacial score (nSPS) is 11.2. The third-order valence-corrected chi connectivity index (χ3v) is 5.52. The van der Waals surface area contributed by atoms with Gasteiger partial charge in [-0.05, 0) is 67.8 Å². The van der Waals surface area contributed by atoms with Crippen LogP contribution in [0.2, 0.25) is 0 Å². The van der Waals surface area contributed by atoms with Crippen LogP contribution in [0.4, 0.5) is 5.69 Å². The fraction of sp³-hybridized carbons (Fsp3) is 0.115. The number of carbonyl (C=O) groups excluding carboxylic acids is 1. The molecule has 2 aromatic heterocycles. The Balaban J connectivity index is 1.52. The number of anilines is 1. The van der Waals surface area contributed by atoms with Gasteiger partial charge in [-0.2, -0.15) is 0 Å². The number of oxazole rings is 1. The number of aromatic nitrogens is 1. The second-order valence-electron chi connectivity index (χ2n) is 7.87. The molecule has 6 nitrogen and oxygen atoms in total. The first-order valence-corrected chi connectivity index (χ1v) is 10.2. The molecule has 0 saturated heterocycles. The molecule has 0 spiro atoms. The topological polar surface area (TPSA) is 85.3 Å². The van der Waals surface area contributed by atoms with Gasteiger partial charge in [-0.1, -0.05) is 30.3 Å². The molecule has 0 atom stereocenters. The standard InChI is InChI=1S/C26H20N2O4/c1-14-11-15(2)23-21(12-14)28-25(32-23)18-8-6-9-20(16(18)3)27-24(29)19-13-17-7-4-5-10-22(17)31-26(19)30/h4-13H,1-3H3,(H,27,29). The first kappa shape index (κ1) is 19.8. The van der Waals surface area contributed by atoms with E-state index in [0.29, 0.717) is 22.5 Å². The van der Waals surface area contributed by atoms with Crippen LogP contribution in [0, 0.1) is 20.8 Å².